The predicted octanol–water partition coefficient (Wildman–Crippen LogP) is 2.44. The highest BCUT2D eigenvalue weighted by Gasteiger charge is 2.09. The van der Waals surface area contributed by atoms with Gasteiger partial charge in [0.05, 0.1) is 10.9 Å². The van der Waals surface area contributed by atoms with E-state index in [4.69, 9.17) is 5.26 Å². The summed E-state index contributed by atoms with van der Waals surface area (Å²) in [6, 6.07) is 7.24. The van der Waals surface area contributed by atoms with Gasteiger partial charge in [-0.3, -0.25) is 9.36 Å². The fourth-order valence-electron chi connectivity index (χ4n) is 1.71. The van der Waals surface area contributed by atoms with Crippen molar-refractivity contribution in [2.24, 2.45) is 0 Å². The second kappa shape index (κ2) is 4.68. The second-order valence-corrected chi connectivity index (χ2v) is 4.58. The minimum Gasteiger partial charge on any atom is -0.284 e. The van der Waals surface area contributed by atoms with Gasteiger partial charge in [-0.05, 0) is 24.6 Å². The zero-order valence-corrected chi connectivity index (χ0v) is 10.9. The number of aromatic nitrogens is 2. The molecule has 4 nitrogen and oxygen atoms in total. The van der Waals surface area contributed by atoms with Crippen molar-refractivity contribution in [2.75, 3.05) is 0 Å². The van der Waals surface area contributed by atoms with E-state index in [-0.39, 0.29) is 11.4 Å². The Balaban J connectivity index is 2.85. The van der Waals surface area contributed by atoms with Crippen molar-refractivity contribution >= 4 is 26.8 Å². The highest BCUT2D eigenvalue weighted by molar-refractivity contribution is 9.10. The zero-order valence-electron chi connectivity index (χ0n) is 9.27. The standard InChI is InChI=1S/C12H10BrN3O/c1-2-5-16-11(7-14)15-10-4-3-8(13)6-9(10)12(16)17/h3-4,6H,2,5H2,1H3. The van der Waals surface area contributed by atoms with Crippen LogP contribution in [0.3, 0.4) is 0 Å². The van der Waals surface area contributed by atoms with Crippen LogP contribution in [0.25, 0.3) is 10.9 Å². The van der Waals surface area contributed by atoms with Gasteiger partial charge in [0.25, 0.3) is 5.56 Å². The minimum atomic E-state index is -0.158. The Morgan fingerprint density at radius 2 is 2.29 bits per heavy atom. The van der Waals surface area contributed by atoms with E-state index in [2.05, 4.69) is 20.9 Å². The third-order valence-corrected chi connectivity index (χ3v) is 2.96. The van der Waals surface area contributed by atoms with Crippen LogP contribution in [0.5, 0.6) is 0 Å². The molecule has 0 aliphatic carbocycles. The molecule has 2 rings (SSSR count). The number of benzene rings is 1. The molecule has 0 aliphatic heterocycles. The highest BCUT2D eigenvalue weighted by Crippen LogP contribution is 2.15. The Hall–Kier alpha value is -1.67. The van der Waals surface area contributed by atoms with Crippen LogP contribution in [0.2, 0.25) is 0 Å². The summed E-state index contributed by atoms with van der Waals surface area (Å²) in [6.45, 7) is 2.47. The first-order valence-electron chi connectivity index (χ1n) is 5.27. The molecule has 1 aromatic heterocycles. The number of halogens is 1. The van der Waals surface area contributed by atoms with Crippen LogP contribution >= 0.6 is 15.9 Å². The number of fused-ring (bicyclic) bond motifs is 1. The summed E-state index contributed by atoms with van der Waals surface area (Å²) in [6.07, 6.45) is 0.787. The van der Waals surface area contributed by atoms with E-state index in [1.54, 1.807) is 18.2 Å². The molecule has 0 spiro atoms. The molecule has 5 heteroatoms. The first-order valence-corrected chi connectivity index (χ1v) is 6.07. The summed E-state index contributed by atoms with van der Waals surface area (Å²) in [5.74, 6) is 0.173. The molecule has 0 aliphatic rings. The minimum absolute atomic E-state index is 0.158. The van der Waals surface area contributed by atoms with Crippen LogP contribution in [0.15, 0.2) is 27.5 Å². The fraction of sp³-hybridized carbons (Fsp3) is 0.250. The number of nitrogens with zero attached hydrogens (tertiary/aromatic N) is 3. The van der Waals surface area contributed by atoms with E-state index in [1.807, 2.05) is 13.0 Å². The van der Waals surface area contributed by atoms with Crippen molar-refractivity contribution in [3.05, 3.63) is 38.9 Å². The molecule has 0 bridgehead atoms. The van der Waals surface area contributed by atoms with Gasteiger partial charge in [0.15, 0.2) is 0 Å². The van der Waals surface area contributed by atoms with Gasteiger partial charge in [-0.1, -0.05) is 22.9 Å². The summed E-state index contributed by atoms with van der Waals surface area (Å²) < 4.78 is 2.26. The fourth-order valence-corrected chi connectivity index (χ4v) is 2.07. The normalized spacial score (nSPS) is 10.4. The van der Waals surface area contributed by atoms with Gasteiger partial charge in [0.1, 0.15) is 6.07 Å². The average Bonchev–Trinajstić information content (AvgIpc) is 2.33. The van der Waals surface area contributed by atoms with E-state index in [9.17, 15) is 4.79 Å². The summed E-state index contributed by atoms with van der Waals surface area (Å²) in [5.41, 5.74) is 0.400. The van der Waals surface area contributed by atoms with E-state index in [0.29, 0.717) is 17.4 Å². The van der Waals surface area contributed by atoms with Crippen molar-refractivity contribution in [2.45, 2.75) is 19.9 Å². The van der Waals surface area contributed by atoms with Crippen LogP contribution in [-0.2, 0) is 6.54 Å². The molecule has 86 valence electrons. The van der Waals surface area contributed by atoms with Gasteiger partial charge in [-0.25, -0.2) is 4.98 Å². The monoisotopic (exact) mass is 291 g/mol. The van der Waals surface area contributed by atoms with Crippen LogP contribution in [0.4, 0.5) is 0 Å². The lowest BCUT2D eigenvalue weighted by Crippen LogP contribution is -2.24. The molecular weight excluding hydrogens is 282 g/mol. The van der Waals surface area contributed by atoms with Crippen molar-refractivity contribution in [1.82, 2.24) is 9.55 Å². The highest BCUT2D eigenvalue weighted by atomic mass is 79.9. The Labute approximate surface area is 107 Å². The van der Waals surface area contributed by atoms with Crippen LogP contribution in [0.1, 0.15) is 19.2 Å². The molecule has 0 radical (unpaired) electrons. The molecule has 0 fully saturated rings. The Kier molecular flexibility index (Phi) is 3.25. The lowest BCUT2D eigenvalue weighted by atomic mass is 10.2. The van der Waals surface area contributed by atoms with Crippen LogP contribution < -0.4 is 5.56 Å². The number of hydrogen-bond acceptors (Lipinski definition) is 3. The van der Waals surface area contributed by atoms with Crippen LogP contribution in [-0.4, -0.2) is 9.55 Å². The molecule has 0 N–H and O–H groups in total. The first-order chi connectivity index (χ1) is 8.17. The Bertz CT molecular complexity index is 670. The van der Waals surface area contributed by atoms with Gasteiger partial charge in [0, 0.05) is 11.0 Å². The molecule has 1 aromatic carbocycles. The molecule has 0 amide bonds. The zero-order chi connectivity index (χ0) is 12.4. The average molecular weight is 292 g/mol. The van der Waals surface area contributed by atoms with Gasteiger partial charge < -0.3 is 0 Å². The van der Waals surface area contributed by atoms with E-state index in [0.717, 1.165) is 10.9 Å². The van der Waals surface area contributed by atoms with Crippen molar-refractivity contribution in [3.63, 3.8) is 0 Å². The molecule has 0 unspecified atom stereocenters. The lowest BCUT2D eigenvalue weighted by Gasteiger charge is -2.07. The Morgan fingerprint density at radius 3 is 2.94 bits per heavy atom. The molecule has 17 heavy (non-hydrogen) atoms. The number of nitriles is 1. The topological polar surface area (TPSA) is 58.7 Å². The maximum absolute atomic E-state index is 12.2. The van der Waals surface area contributed by atoms with Gasteiger partial charge in [0.2, 0.25) is 5.82 Å². The number of hydrogen-bond donors (Lipinski definition) is 0. The molecule has 1 heterocycles. The van der Waals surface area contributed by atoms with Crippen molar-refractivity contribution < 1.29 is 0 Å². The molecule has 0 saturated carbocycles. The van der Waals surface area contributed by atoms with Gasteiger partial charge in [-0.15, -0.1) is 0 Å². The van der Waals surface area contributed by atoms with E-state index in [1.165, 1.54) is 4.57 Å². The molecule has 0 saturated heterocycles. The third kappa shape index (κ3) is 2.08. The van der Waals surface area contributed by atoms with Gasteiger partial charge in [-0.2, -0.15) is 5.26 Å². The maximum atomic E-state index is 12.2. The van der Waals surface area contributed by atoms with E-state index >= 15 is 0 Å². The van der Waals surface area contributed by atoms with Crippen LogP contribution in [0, 0.1) is 11.3 Å². The second-order valence-electron chi connectivity index (χ2n) is 3.67. The molecule has 0 atom stereocenters. The Morgan fingerprint density at radius 1 is 1.53 bits per heavy atom. The molecule has 2 aromatic rings. The summed E-state index contributed by atoms with van der Waals surface area (Å²) in [5, 5.41) is 9.54. The third-order valence-electron chi connectivity index (χ3n) is 2.46. The largest absolute Gasteiger partial charge is 0.284 e. The van der Waals surface area contributed by atoms with Crippen molar-refractivity contribution in [3.8, 4) is 6.07 Å². The molecular formula is C12H10BrN3O. The first kappa shape index (κ1) is 11.8. The number of rotatable bonds is 2. The lowest BCUT2D eigenvalue weighted by molar-refractivity contribution is 0.638. The summed E-state index contributed by atoms with van der Waals surface area (Å²) >= 11 is 3.32. The SMILES string of the molecule is CCCn1c(C#N)nc2ccc(Br)cc2c1=O. The van der Waals surface area contributed by atoms with Crippen molar-refractivity contribution in [1.29, 1.82) is 5.26 Å². The summed E-state index contributed by atoms with van der Waals surface area (Å²) in [4.78, 5) is 16.4. The van der Waals surface area contributed by atoms with E-state index < -0.39 is 0 Å². The predicted molar refractivity (Wildman–Crippen MR) is 68.7 cm³/mol. The quantitative estimate of drug-likeness (QED) is 0.854. The maximum Gasteiger partial charge on any atom is 0.262 e. The van der Waals surface area contributed by atoms with Gasteiger partial charge >= 0.3 is 0 Å². The smallest absolute Gasteiger partial charge is 0.262 e. The summed E-state index contributed by atoms with van der Waals surface area (Å²) in [7, 11) is 0.